The summed E-state index contributed by atoms with van der Waals surface area (Å²) in [7, 11) is 0. The highest BCUT2D eigenvalue weighted by molar-refractivity contribution is 5.88. The summed E-state index contributed by atoms with van der Waals surface area (Å²) in [5.74, 6) is -0.280. The second-order valence-corrected chi connectivity index (χ2v) is 4.92. The van der Waals surface area contributed by atoms with Crippen LogP contribution in [-0.4, -0.2) is 50.2 Å². The second-order valence-electron chi connectivity index (χ2n) is 4.92. The van der Waals surface area contributed by atoms with E-state index in [1.807, 2.05) is 13.0 Å². The topological polar surface area (TPSA) is 32.8 Å². The van der Waals surface area contributed by atoms with Gasteiger partial charge in [0.2, 0.25) is 0 Å². The van der Waals surface area contributed by atoms with Crippen LogP contribution in [-0.2, 0) is 9.53 Å². The van der Waals surface area contributed by atoms with E-state index in [1.165, 1.54) is 5.69 Å². The molecule has 0 bridgehead atoms. The lowest BCUT2D eigenvalue weighted by Crippen LogP contribution is -2.47. The minimum Gasteiger partial charge on any atom is -0.463 e. The van der Waals surface area contributed by atoms with Crippen LogP contribution in [0.2, 0.25) is 0 Å². The number of hydrogen-bond donors (Lipinski definition) is 0. The fraction of sp³-hybridized carbons (Fsp3) is 0.438. The molecule has 1 aromatic rings. The van der Waals surface area contributed by atoms with Gasteiger partial charge in [0.15, 0.2) is 0 Å². The lowest BCUT2D eigenvalue weighted by molar-refractivity contribution is -0.138. The zero-order valence-corrected chi connectivity index (χ0v) is 12.0. The molecule has 0 amide bonds. The van der Waals surface area contributed by atoms with Crippen molar-refractivity contribution in [1.82, 2.24) is 4.90 Å². The van der Waals surface area contributed by atoms with Gasteiger partial charge in [-0.2, -0.15) is 0 Å². The first-order chi connectivity index (χ1) is 9.70. The number of esters is 1. The third-order valence-corrected chi connectivity index (χ3v) is 3.47. The van der Waals surface area contributed by atoms with Crippen LogP contribution in [0.3, 0.4) is 0 Å². The summed E-state index contributed by atoms with van der Waals surface area (Å²) in [6.07, 6.45) is 0. The van der Waals surface area contributed by atoms with E-state index in [-0.39, 0.29) is 5.97 Å². The Morgan fingerprint density at radius 1 is 1.20 bits per heavy atom. The molecule has 0 N–H and O–H groups in total. The zero-order chi connectivity index (χ0) is 14.4. The SMILES string of the molecule is C=C(CN1CCN(c2ccccc2)CC1)C(=O)OCC. The van der Waals surface area contributed by atoms with Gasteiger partial charge in [0.1, 0.15) is 0 Å². The van der Waals surface area contributed by atoms with Crippen molar-refractivity contribution in [3.05, 3.63) is 42.5 Å². The first-order valence-corrected chi connectivity index (χ1v) is 7.08. The molecule has 0 aliphatic carbocycles. The maximum absolute atomic E-state index is 11.5. The van der Waals surface area contributed by atoms with E-state index in [2.05, 4.69) is 40.6 Å². The molecule has 0 saturated carbocycles. The van der Waals surface area contributed by atoms with E-state index in [4.69, 9.17) is 4.74 Å². The number of para-hydroxylation sites is 1. The summed E-state index contributed by atoms with van der Waals surface area (Å²) in [4.78, 5) is 16.2. The van der Waals surface area contributed by atoms with Crippen molar-refractivity contribution in [3.8, 4) is 0 Å². The Kier molecular flexibility index (Phi) is 5.18. The van der Waals surface area contributed by atoms with E-state index in [0.717, 1.165) is 26.2 Å². The predicted molar refractivity (Wildman–Crippen MR) is 80.9 cm³/mol. The van der Waals surface area contributed by atoms with Gasteiger partial charge < -0.3 is 9.64 Å². The molecule has 0 unspecified atom stereocenters. The molecule has 0 radical (unpaired) electrons. The largest absolute Gasteiger partial charge is 0.463 e. The Hall–Kier alpha value is -1.81. The number of piperazine rings is 1. The molecule has 0 aromatic heterocycles. The third kappa shape index (κ3) is 3.84. The van der Waals surface area contributed by atoms with E-state index < -0.39 is 0 Å². The van der Waals surface area contributed by atoms with Crippen molar-refractivity contribution < 1.29 is 9.53 Å². The van der Waals surface area contributed by atoms with Gasteiger partial charge in [0, 0.05) is 44.0 Å². The van der Waals surface area contributed by atoms with Crippen LogP contribution in [0.15, 0.2) is 42.5 Å². The first kappa shape index (κ1) is 14.6. The summed E-state index contributed by atoms with van der Waals surface area (Å²) in [6, 6.07) is 10.4. The predicted octanol–water partition coefficient (Wildman–Crippen LogP) is 1.93. The highest BCUT2D eigenvalue weighted by Crippen LogP contribution is 2.15. The molecule has 108 valence electrons. The van der Waals surface area contributed by atoms with E-state index >= 15 is 0 Å². The summed E-state index contributed by atoms with van der Waals surface area (Å²) < 4.78 is 4.96. The Balaban J connectivity index is 1.80. The van der Waals surface area contributed by atoms with E-state index in [9.17, 15) is 4.79 Å². The quantitative estimate of drug-likeness (QED) is 0.607. The molecule has 1 fully saturated rings. The fourth-order valence-electron chi connectivity index (χ4n) is 2.37. The van der Waals surface area contributed by atoms with Crippen molar-refractivity contribution in [1.29, 1.82) is 0 Å². The summed E-state index contributed by atoms with van der Waals surface area (Å²) in [5.41, 5.74) is 1.80. The monoisotopic (exact) mass is 274 g/mol. The van der Waals surface area contributed by atoms with Crippen LogP contribution < -0.4 is 4.90 Å². The van der Waals surface area contributed by atoms with Gasteiger partial charge in [-0.05, 0) is 19.1 Å². The fourth-order valence-corrected chi connectivity index (χ4v) is 2.37. The minimum absolute atomic E-state index is 0.280. The number of anilines is 1. The Morgan fingerprint density at radius 3 is 2.45 bits per heavy atom. The molecule has 1 aliphatic heterocycles. The van der Waals surface area contributed by atoms with Crippen LogP contribution in [0.25, 0.3) is 0 Å². The lowest BCUT2D eigenvalue weighted by atomic mass is 10.2. The van der Waals surface area contributed by atoms with Gasteiger partial charge in [0.25, 0.3) is 0 Å². The Bertz CT molecular complexity index is 451. The molecule has 1 aliphatic rings. The van der Waals surface area contributed by atoms with Crippen LogP contribution in [0.5, 0.6) is 0 Å². The molecule has 1 heterocycles. The highest BCUT2D eigenvalue weighted by Gasteiger charge is 2.19. The maximum atomic E-state index is 11.5. The van der Waals surface area contributed by atoms with Crippen molar-refractivity contribution >= 4 is 11.7 Å². The maximum Gasteiger partial charge on any atom is 0.334 e. The van der Waals surface area contributed by atoms with Crippen molar-refractivity contribution in [3.63, 3.8) is 0 Å². The summed E-state index contributed by atoms with van der Waals surface area (Å²) in [6.45, 7) is 10.4. The number of nitrogens with zero attached hydrogens (tertiary/aromatic N) is 2. The van der Waals surface area contributed by atoms with Gasteiger partial charge in [-0.1, -0.05) is 24.8 Å². The lowest BCUT2D eigenvalue weighted by Gasteiger charge is -2.36. The van der Waals surface area contributed by atoms with Crippen LogP contribution in [0.4, 0.5) is 5.69 Å². The van der Waals surface area contributed by atoms with Crippen molar-refractivity contribution in [2.75, 3.05) is 44.2 Å². The standard InChI is InChI=1S/C16H22N2O2/c1-3-20-16(19)14(2)13-17-9-11-18(12-10-17)15-7-5-4-6-8-15/h4-8H,2-3,9-13H2,1H3. The molecule has 1 aromatic carbocycles. The van der Waals surface area contributed by atoms with Gasteiger partial charge in [0.05, 0.1) is 6.61 Å². The number of ether oxygens (including phenoxy) is 1. The van der Waals surface area contributed by atoms with E-state index in [1.54, 1.807) is 0 Å². The average Bonchev–Trinajstić information content (AvgIpc) is 2.49. The average molecular weight is 274 g/mol. The number of carbonyl (C=O) groups is 1. The zero-order valence-electron chi connectivity index (χ0n) is 12.0. The first-order valence-electron chi connectivity index (χ1n) is 7.08. The molecular weight excluding hydrogens is 252 g/mol. The van der Waals surface area contributed by atoms with Gasteiger partial charge in [-0.15, -0.1) is 0 Å². The van der Waals surface area contributed by atoms with Crippen LogP contribution >= 0.6 is 0 Å². The minimum atomic E-state index is -0.280. The molecule has 0 atom stereocenters. The van der Waals surface area contributed by atoms with Crippen molar-refractivity contribution in [2.24, 2.45) is 0 Å². The Morgan fingerprint density at radius 2 is 1.85 bits per heavy atom. The normalized spacial score (nSPS) is 15.9. The number of hydrogen-bond acceptors (Lipinski definition) is 4. The molecule has 2 rings (SSSR count). The summed E-state index contributed by atoms with van der Waals surface area (Å²) >= 11 is 0. The number of benzene rings is 1. The molecule has 20 heavy (non-hydrogen) atoms. The molecule has 1 saturated heterocycles. The van der Waals surface area contributed by atoms with Gasteiger partial charge in [-0.25, -0.2) is 4.79 Å². The summed E-state index contributed by atoms with van der Waals surface area (Å²) in [5, 5.41) is 0. The second kappa shape index (κ2) is 7.10. The van der Waals surface area contributed by atoms with Crippen molar-refractivity contribution in [2.45, 2.75) is 6.92 Å². The number of carbonyl (C=O) groups excluding carboxylic acids is 1. The third-order valence-electron chi connectivity index (χ3n) is 3.47. The molecule has 0 spiro atoms. The molecule has 4 nitrogen and oxygen atoms in total. The molecular formula is C16H22N2O2. The highest BCUT2D eigenvalue weighted by atomic mass is 16.5. The van der Waals surface area contributed by atoms with Crippen LogP contribution in [0.1, 0.15) is 6.92 Å². The number of rotatable bonds is 5. The Labute approximate surface area is 120 Å². The van der Waals surface area contributed by atoms with Gasteiger partial charge >= 0.3 is 5.97 Å². The van der Waals surface area contributed by atoms with E-state index in [0.29, 0.717) is 18.7 Å². The smallest absolute Gasteiger partial charge is 0.334 e. The van der Waals surface area contributed by atoms with Gasteiger partial charge in [-0.3, -0.25) is 4.90 Å². The molecule has 4 heteroatoms. The van der Waals surface area contributed by atoms with Crippen LogP contribution in [0, 0.1) is 0 Å².